The van der Waals surface area contributed by atoms with Crippen LogP contribution in [-0.4, -0.2) is 43.6 Å². The maximum atomic E-state index is 13.2. The first-order valence-electron chi connectivity index (χ1n) is 10.1. The van der Waals surface area contributed by atoms with Crippen molar-refractivity contribution in [3.8, 4) is 11.5 Å². The number of ether oxygens (including phenoxy) is 3. The van der Waals surface area contributed by atoms with E-state index >= 15 is 0 Å². The monoisotopic (exact) mass is 456 g/mol. The third-order valence-electron chi connectivity index (χ3n) is 4.42. The summed E-state index contributed by atoms with van der Waals surface area (Å²) >= 11 is 0. The smallest absolute Gasteiger partial charge is 0.344 e. The second-order valence-electron chi connectivity index (χ2n) is 6.67. The fourth-order valence-corrected chi connectivity index (χ4v) is 2.99. The van der Waals surface area contributed by atoms with Crippen molar-refractivity contribution < 1.29 is 37.8 Å². The van der Waals surface area contributed by atoms with Crippen LogP contribution in [0.2, 0.25) is 0 Å². The van der Waals surface area contributed by atoms with Crippen LogP contribution in [0.1, 0.15) is 19.4 Å². The highest BCUT2D eigenvalue weighted by molar-refractivity contribution is 6.39. The zero-order chi connectivity index (χ0) is 24.0. The minimum absolute atomic E-state index is 0.106. The minimum atomic E-state index is -0.938. The Morgan fingerprint density at radius 2 is 1.73 bits per heavy atom. The van der Waals surface area contributed by atoms with E-state index in [0.29, 0.717) is 12.2 Å². The van der Waals surface area contributed by atoms with Crippen LogP contribution < -0.4 is 19.7 Å². The fraction of sp³-hybridized carbons (Fsp3) is 0.217. The van der Waals surface area contributed by atoms with E-state index in [9.17, 15) is 23.6 Å². The number of amides is 4. The van der Waals surface area contributed by atoms with E-state index in [1.54, 1.807) is 19.9 Å². The molecular weight excluding hydrogens is 435 g/mol. The first-order valence-corrected chi connectivity index (χ1v) is 10.1. The molecule has 1 fully saturated rings. The van der Waals surface area contributed by atoms with Gasteiger partial charge in [0.15, 0.2) is 18.1 Å². The lowest BCUT2D eigenvalue weighted by molar-refractivity contribution is -0.145. The number of carbonyl (C=O) groups is 4. The van der Waals surface area contributed by atoms with Crippen LogP contribution in [0.3, 0.4) is 0 Å². The Kier molecular flexibility index (Phi) is 7.39. The van der Waals surface area contributed by atoms with Crippen LogP contribution in [0, 0.1) is 5.82 Å². The summed E-state index contributed by atoms with van der Waals surface area (Å²) in [5.41, 5.74) is 0.213. The maximum absolute atomic E-state index is 13.2. The van der Waals surface area contributed by atoms with E-state index in [1.807, 2.05) is 0 Å². The number of nitrogens with one attached hydrogen (secondary N) is 1. The van der Waals surface area contributed by atoms with Crippen molar-refractivity contribution in [2.24, 2.45) is 0 Å². The number of benzene rings is 2. The highest BCUT2D eigenvalue weighted by Crippen LogP contribution is 2.30. The number of nitrogens with zero attached hydrogens (tertiary/aromatic N) is 1. The predicted octanol–water partition coefficient (Wildman–Crippen LogP) is 2.83. The van der Waals surface area contributed by atoms with Crippen LogP contribution in [0.5, 0.6) is 11.5 Å². The molecule has 0 unspecified atom stereocenters. The van der Waals surface area contributed by atoms with Crippen LogP contribution >= 0.6 is 0 Å². The molecule has 0 aliphatic carbocycles. The Morgan fingerprint density at radius 1 is 1.00 bits per heavy atom. The van der Waals surface area contributed by atoms with Crippen molar-refractivity contribution >= 4 is 35.6 Å². The van der Waals surface area contributed by atoms with Gasteiger partial charge in [0, 0.05) is 0 Å². The first kappa shape index (κ1) is 23.5. The number of rotatable bonds is 8. The standard InChI is InChI=1S/C23H21FN2O7/c1-3-31-19-12-14(5-10-18(19)33-13-20(27)32-4-2)11-17-21(28)25-23(30)26(22(17)29)16-8-6-15(24)7-9-16/h5-12H,3-4,13H2,1-2H3,(H,25,28,30)/b17-11+. The molecule has 1 aliphatic rings. The molecule has 1 aliphatic heterocycles. The molecule has 0 radical (unpaired) electrons. The van der Waals surface area contributed by atoms with Gasteiger partial charge in [-0.2, -0.15) is 0 Å². The van der Waals surface area contributed by atoms with Gasteiger partial charge in [0.05, 0.1) is 18.9 Å². The lowest BCUT2D eigenvalue weighted by atomic mass is 10.1. The average molecular weight is 456 g/mol. The Bertz CT molecular complexity index is 1110. The van der Waals surface area contributed by atoms with Gasteiger partial charge < -0.3 is 14.2 Å². The van der Waals surface area contributed by atoms with Gasteiger partial charge in [-0.3, -0.25) is 14.9 Å². The number of esters is 1. The normalized spacial score (nSPS) is 14.8. The Hall–Kier alpha value is -4.21. The number of hydrogen-bond acceptors (Lipinski definition) is 7. The van der Waals surface area contributed by atoms with Crippen molar-refractivity contribution in [3.63, 3.8) is 0 Å². The molecule has 2 aromatic rings. The third-order valence-corrected chi connectivity index (χ3v) is 4.42. The lowest BCUT2D eigenvalue weighted by Crippen LogP contribution is -2.54. The van der Waals surface area contributed by atoms with Gasteiger partial charge in [-0.25, -0.2) is 18.9 Å². The summed E-state index contributed by atoms with van der Waals surface area (Å²) in [5, 5.41) is 2.10. The number of carbonyl (C=O) groups excluding carboxylic acids is 4. The van der Waals surface area contributed by atoms with Crippen LogP contribution in [0.15, 0.2) is 48.0 Å². The zero-order valence-electron chi connectivity index (χ0n) is 17.9. The molecule has 1 saturated heterocycles. The van der Waals surface area contributed by atoms with Crippen LogP contribution in [-0.2, 0) is 19.1 Å². The topological polar surface area (TPSA) is 111 Å². The molecule has 0 bridgehead atoms. The molecule has 3 rings (SSSR count). The molecule has 33 heavy (non-hydrogen) atoms. The van der Waals surface area contributed by atoms with Crippen molar-refractivity contribution in [2.75, 3.05) is 24.7 Å². The van der Waals surface area contributed by atoms with Gasteiger partial charge in [0.2, 0.25) is 0 Å². The van der Waals surface area contributed by atoms with E-state index in [-0.39, 0.29) is 36.0 Å². The van der Waals surface area contributed by atoms with Crippen LogP contribution in [0.25, 0.3) is 6.08 Å². The Balaban J connectivity index is 1.89. The molecule has 0 atom stereocenters. The van der Waals surface area contributed by atoms with E-state index in [4.69, 9.17) is 14.2 Å². The molecule has 1 heterocycles. The summed E-state index contributed by atoms with van der Waals surface area (Å²) in [5.74, 6) is -2.26. The molecule has 172 valence electrons. The van der Waals surface area contributed by atoms with Crippen molar-refractivity contribution in [3.05, 3.63) is 59.4 Å². The van der Waals surface area contributed by atoms with Gasteiger partial charge in [-0.05, 0) is 61.9 Å². The molecular formula is C23H21FN2O7. The molecule has 4 amide bonds. The van der Waals surface area contributed by atoms with Gasteiger partial charge >= 0.3 is 12.0 Å². The van der Waals surface area contributed by atoms with Crippen LogP contribution in [0.4, 0.5) is 14.9 Å². The summed E-state index contributed by atoms with van der Waals surface area (Å²) in [7, 11) is 0. The quantitative estimate of drug-likeness (QED) is 0.369. The van der Waals surface area contributed by atoms with E-state index in [1.165, 1.54) is 30.3 Å². The number of barbiturate groups is 1. The number of hydrogen-bond donors (Lipinski definition) is 1. The number of anilines is 1. The van der Waals surface area contributed by atoms with Gasteiger partial charge in [0.25, 0.3) is 11.8 Å². The number of urea groups is 1. The Morgan fingerprint density at radius 3 is 2.39 bits per heavy atom. The first-order chi connectivity index (χ1) is 15.8. The second-order valence-corrected chi connectivity index (χ2v) is 6.67. The summed E-state index contributed by atoms with van der Waals surface area (Å²) in [6.07, 6.45) is 1.29. The number of imide groups is 2. The highest BCUT2D eigenvalue weighted by Gasteiger charge is 2.36. The largest absolute Gasteiger partial charge is 0.490 e. The number of halogens is 1. The fourth-order valence-electron chi connectivity index (χ4n) is 2.99. The third kappa shape index (κ3) is 5.53. The molecule has 2 aromatic carbocycles. The van der Waals surface area contributed by atoms with Crippen molar-refractivity contribution in [1.82, 2.24) is 5.32 Å². The summed E-state index contributed by atoms with van der Waals surface area (Å²) in [4.78, 5) is 49.8. The highest BCUT2D eigenvalue weighted by atomic mass is 19.1. The lowest BCUT2D eigenvalue weighted by Gasteiger charge is -2.26. The van der Waals surface area contributed by atoms with Gasteiger partial charge in [-0.1, -0.05) is 6.07 Å². The summed E-state index contributed by atoms with van der Waals surface area (Å²) in [6, 6.07) is 8.35. The summed E-state index contributed by atoms with van der Waals surface area (Å²) < 4.78 is 29.0. The van der Waals surface area contributed by atoms with Gasteiger partial charge in [0.1, 0.15) is 11.4 Å². The van der Waals surface area contributed by atoms with E-state index in [0.717, 1.165) is 17.0 Å². The summed E-state index contributed by atoms with van der Waals surface area (Å²) in [6.45, 7) is 3.64. The van der Waals surface area contributed by atoms with Crippen molar-refractivity contribution in [1.29, 1.82) is 0 Å². The molecule has 10 heteroatoms. The van der Waals surface area contributed by atoms with E-state index in [2.05, 4.69) is 5.32 Å². The molecule has 0 spiro atoms. The zero-order valence-corrected chi connectivity index (χ0v) is 17.9. The molecule has 9 nitrogen and oxygen atoms in total. The van der Waals surface area contributed by atoms with E-state index < -0.39 is 29.6 Å². The molecule has 0 saturated carbocycles. The second kappa shape index (κ2) is 10.4. The Labute approximate surface area is 188 Å². The molecule has 1 N–H and O–H groups in total. The average Bonchev–Trinajstić information content (AvgIpc) is 2.77. The minimum Gasteiger partial charge on any atom is -0.490 e. The maximum Gasteiger partial charge on any atom is 0.344 e. The van der Waals surface area contributed by atoms with Gasteiger partial charge in [-0.15, -0.1) is 0 Å². The predicted molar refractivity (Wildman–Crippen MR) is 115 cm³/mol. The van der Waals surface area contributed by atoms with Crippen molar-refractivity contribution in [2.45, 2.75) is 13.8 Å². The molecule has 0 aromatic heterocycles. The SMILES string of the molecule is CCOC(=O)COc1ccc(/C=C2\C(=O)NC(=O)N(c3ccc(F)cc3)C2=O)cc1OCC.